The van der Waals surface area contributed by atoms with Crippen LogP contribution in [0.25, 0.3) is 0 Å². The maximum atomic E-state index is 12.1. The molecule has 0 spiro atoms. The highest BCUT2D eigenvalue weighted by atomic mass is 127. The summed E-state index contributed by atoms with van der Waals surface area (Å²) in [5, 5.41) is 20.5. The quantitative estimate of drug-likeness (QED) is 0.257. The lowest BCUT2D eigenvalue weighted by atomic mass is 10.1. The van der Waals surface area contributed by atoms with Gasteiger partial charge < -0.3 is 27.0 Å². The minimum absolute atomic E-state index is 0.0344. The van der Waals surface area contributed by atoms with Crippen LogP contribution in [0.3, 0.4) is 0 Å². The summed E-state index contributed by atoms with van der Waals surface area (Å²) in [5.74, 6) is -0.379. The van der Waals surface area contributed by atoms with Crippen molar-refractivity contribution >= 4 is 85.1 Å². The van der Waals surface area contributed by atoms with E-state index >= 15 is 0 Å². The number of hydrogen-bond donors (Lipinski definition) is 5. The summed E-state index contributed by atoms with van der Waals surface area (Å²) >= 11 is 6.02. The molecule has 1 amide bonds. The molecule has 1 unspecified atom stereocenters. The zero-order valence-electron chi connectivity index (χ0n) is 9.58. The maximum absolute atomic E-state index is 12.1. The molecule has 0 fully saturated rings. The fourth-order valence-electron chi connectivity index (χ4n) is 1.27. The minimum Gasteiger partial charge on any atom is -0.397 e. The summed E-state index contributed by atoms with van der Waals surface area (Å²) < 4.78 is 1.96. The number of aliphatic hydroxyl groups excluding tert-OH is 2. The van der Waals surface area contributed by atoms with Crippen molar-refractivity contribution in [3.63, 3.8) is 0 Å². The van der Waals surface area contributed by atoms with Gasteiger partial charge in [0.2, 0.25) is 0 Å². The third-order valence-corrected chi connectivity index (χ3v) is 5.72. The number of halogens is 3. The molecule has 0 aliphatic rings. The second-order valence-electron chi connectivity index (χ2n) is 3.69. The highest BCUT2D eigenvalue weighted by Crippen LogP contribution is 2.35. The van der Waals surface area contributed by atoms with Crippen molar-refractivity contribution in [3.8, 4) is 0 Å². The van der Waals surface area contributed by atoms with Gasteiger partial charge in [-0.3, -0.25) is 4.79 Å². The number of amides is 1. The molecule has 1 aromatic rings. The van der Waals surface area contributed by atoms with E-state index in [1.165, 1.54) is 0 Å². The molecule has 0 bridgehead atoms. The third kappa shape index (κ3) is 3.95. The van der Waals surface area contributed by atoms with Crippen LogP contribution in [0.4, 0.5) is 11.4 Å². The highest BCUT2D eigenvalue weighted by Gasteiger charge is 2.22. The first kappa shape index (κ1) is 17.5. The summed E-state index contributed by atoms with van der Waals surface area (Å²) in [4.78, 5) is 12.1. The van der Waals surface area contributed by atoms with Crippen LogP contribution in [0.2, 0.25) is 0 Å². The van der Waals surface area contributed by atoms with E-state index in [9.17, 15) is 9.90 Å². The van der Waals surface area contributed by atoms with E-state index < -0.39 is 12.7 Å². The van der Waals surface area contributed by atoms with E-state index in [-0.39, 0.29) is 12.5 Å². The first-order valence-corrected chi connectivity index (χ1v) is 8.33. The first-order valence-electron chi connectivity index (χ1n) is 5.09. The molecular weight excluding hydrogens is 591 g/mol. The number of nitrogens with two attached hydrogens (primary N) is 2. The summed E-state index contributed by atoms with van der Waals surface area (Å²) in [6.07, 6.45) is -0.988. The molecule has 1 atom stereocenters. The molecule has 0 aliphatic heterocycles. The van der Waals surface area contributed by atoms with Crippen LogP contribution in [0, 0.1) is 10.7 Å². The number of nitrogens with one attached hydrogen (secondary N) is 1. The normalized spacial score (nSPS) is 12.3. The molecule has 0 saturated heterocycles. The largest absolute Gasteiger partial charge is 0.397 e. The number of nitrogen functional groups attached to an aromatic ring is 2. The molecule has 1 aromatic carbocycles. The van der Waals surface area contributed by atoms with Crippen LogP contribution in [0.5, 0.6) is 0 Å². The Balaban J connectivity index is 3.10. The zero-order valence-corrected chi connectivity index (χ0v) is 16.1. The monoisotopic (exact) mass is 603 g/mol. The molecule has 9 heteroatoms. The Labute approximate surface area is 151 Å². The van der Waals surface area contributed by atoms with Gasteiger partial charge in [-0.05, 0) is 67.8 Å². The van der Waals surface area contributed by atoms with Gasteiger partial charge in [0.05, 0.1) is 40.4 Å². The van der Waals surface area contributed by atoms with Gasteiger partial charge in [0.15, 0.2) is 0 Å². The van der Waals surface area contributed by atoms with E-state index in [0.29, 0.717) is 24.1 Å². The van der Waals surface area contributed by atoms with Crippen LogP contribution in [0.1, 0.15) is 10.4 Å². The van der Waals surface area contributed by atoms with Gasteiger partial charge in [-0.1, -0.05) is 0 Å². The second kappa shape index (κ2) is 7.42. The van der Waals surface area contributed by atoms with Gasteiger partial charge in [0, 0.05) is 6.54 Å². The van der Waals surface area contributed by atoms with Crippen LogP contribution in [-0.2, 0) is 0 Å². The zero-order chi connectivity index (χ0) is 14.7. The van der Waals surface area contributed by atoms with Crippen molar-refractivity contribution < 1.29 is 15.0 Å². The molecule has 0 aromatic heterocycles. The summed E-state index contributed by atoms with van der Waals surface area (Å²) in [5.41, 5.74) is 13.1. The predicted molar refractivity (Wildman–Crippen MR) is 98.8 cm³/mol. The first-order chi connectivity index (χ1) is 8.81. The number of carbonyl (C=O) groups excluding carboxylic acids is 1. The number of anilines is 2. The predicted octanol–water partition coefficient (Wildman–Crippen LogP) is 0.748. The Bertz CT molecular complexity index is 482. The Morgan fingerprint density at radius 1 is 1.16 bits per heavy atom. The van der Waals surface area contributed by atoms with Crippen LogP contribution in [0.15, 0.2) is 0 Å². The van der Waals surface area contributed by atoms with Gasteiger partial charge in [-0.25, -0.2) is 0 Å². The molecule has 1 rings (SSSR count). The SMILES string of the molecule is Nc1c(I)c(N)c(I)c(C(=O)NCC(O)CO)c1I. The number of rotatable bonds is 4. The molecule has 0 heterocycles. The molecule has 0 aliphatic carbocycles. The van der Waals surface area contributed by atoms with E-state index in [2.05, 4.69) is 5.32 Å². The van der Waals surface area contributed by atoms with Gasteiger partial charge in [0.25, 0.3) is 5.91 Å². The molecule has 0 saturated carbocycles. The third-order valence-electron chi connectivity index (χ3n) is 2.32. The van der Waals surface area contributed by atoms with Crippen molar-refractivity contribution in [1.82, 2.24) is 5.32 Å². The molecule has 7 N–H and O–H groups in total. The van der Waals surface area contributed by atoms with Gasteiger partial charge in [0.1, 0.15) is 0 Å². The highest BCUT2D eigenvalue weighted by molar-refractivity contribution is 14.1. The Hall–Kier alpha value is 0.400. The van der Waals surface area contributed by atoms with Crippen LogP contribution < -0.4 is 16.8 Å². The van der Waals surface area contributed by atoms with E-state index in [4.69, 9.17) is 16.6 Å². The summed E-state index contributed by atoms with van der Waals surface area (Å²) in [6.45, 7) is -0.446. The number of hydrogen-bond acceptors (Lipinski definition) is 5. The topological polar surface area (TPSA) is 122 Å². The smallest absolute Gasteiger partial charge is 0.253 e. The fourth-order valence-corrected chi connectivity index (χ4v) is 4.92. The summed E-state index contributed by atoms with van der Waals surface area (Å²) in [6, 6.07) is 0. The number of carbonyl (C=O) groups is 1. The Kier molecular flexibility index (Phi) is 6.82. The van der Waals surface area contributed by atoms with Gasteiger partial charge in [-0.2, -0.15) is 0 Å². The van der Waals surface area contributed by atoms with Crippen molar-refractivity contribution in [2.24, 2.45) is 0 Å². The van der Waals surface area contributed by atoms with Crippen molar-refractivity contribution in [2.75, 3.05) is 24.6 Å². The van der Waals surface area contributed by atoms with Crippen LogP contribution >= 0.6 is 67.8 Å². The minimum atomic E-state index is -0.988. The van der Waals surface area contributed by atoms with E-state index in [0.717, 1.165) is 3.57 Å². The number of benzene rings is 1. The lowest BCUT2D eigenvalue weighted by Gasteiger charge is -2.15. The average Bonchev–Trinajstić information content (AvgIpc) is 2.40. The van der Waals surface area contributed by atoms with Crippen molar-refractivity contribution in [3.05, 3.63) is 16.3 Å². The molecule has 6 nitrogen and oxygen atoms in total. The van der Waals surface area contributed by atoms with Crippen LogP contribution in [-0.4, -0.2) is 35.4 Å². The lowest BCUT2D eigenvalue weighted by Crippen LogP contribution is -2.35. The van der Waals surface area contributed by atoms with E-state index in [1.54, 1.807) is 0 Å². The average molecular weight is 603 g/mol. The maximum Gasteiger partial charge on any atom is 0.253 e. The van der Waals surface area contributed by atoms with Crippen molar-refractivity contribution in [2.45, 2.75) is 6.10 Å². The lowest BCUT2D eigenvalue weighted by molar-refractivity contribution is 0.0801. The fraction of sp³-hybridized carbons (Fsp3) is 0.300. The van der Waals surface area contributed by atoms with Crippen molar-refractivity contribution in [1.29, 1.82) is 0 Å². The number of aliphatic hydroxyl groups is 2. The molecule has 0 radical (unpaired) electrons. The second-order valence-corrected chi connectivity index (χ2v) is 6.93. The molecular formula is C10H12I3N3O3. The molecule has 106 valence electrons. The van der Waals surface area contributed by atoms with Gasteiger partial charge in [-0.15, -0.1) is 0 Å². The van der Waals surface area contributed by atoms with Gasteiger partial charge >= 0.3 is 0 Å². The Morgan fingerprint density at radius 2 is 1.63 bits per heavy atom. The summed E-state index contributed by atoms with van der Waals surface area (Å²) in [7, 11) is 0. The Morgan fingerprint density at radius 3 is 2.05 bits per heavy atom. The van der Waals surface area contributed by atoms with E-state index in [1.807, 2.05) is 67.8 Å². The molecule has 19 heavy (non-hydrogen) atoms. The standard InChI is InChI=1S/C10H12I3N3O3/c11-5-4(10(19)16-1-3(18)2-17)6(12)9(15)7(13)8(5)14/h3,17-18H,1-2,14-15H2,(H,16,19).